The quantitative estimate of drug-likeness (QED) is 0.0290. The summed E-state index contributed by atoms with van der Waals surface area (Å²) in [5, 5.41) is 41.7. The van der Waals surface area contributed by atoms with Crippen LogP contribution < -0.4 is 48.7 Å². The topological polar surface area (TPSA) is 312 Å². The number of nitrogens with one attached hydrogen (secondary N) is 8. The van der Waals surface area contributed by atoms with Crippen molar-refractivity contribution >= 4 is 94.0 Å². The predicted octanol–water partition coefficient (Wildman–Crippen LogP) is 1.08. The van der Waals surface area contributed by atoms with E-state index in [4.69, 9.17) is 11.5 Å². The fourth-order valence-corrected chi connectivity index (χ4v) is 7.97. The third-order valence-electron chi connectivity index (χ3n) is 11.5. The molecule has 8 atom stereocenters. The van der Waals surface area contributed by atoms with Crippen molar-refractivity contribution in [3.8, 4) is 5.75 Å². The Morgan fingerprint density at radius 3 is 1.87 bits per heavy atom. The molecule has 0 aliphatic carbocycles. The molecule has 5 aromatic rings. The number of rotatable bonds is 25. The maximum absolute atomic E-state index is 14.5. The molecule has 0 aliphatic rings. The minimum Gasteiger partial charge on any atom is -0.508 e. The van der Waals surface area contributed by atoms with Gasteiger partial charge in [0.15, 0.2) is 0 Å². The van der Waals surface area contributed by atoms with Gasteiger partial charge in [0.1, 0.15) is 42.0 Å². The number of aliphatic hydroxyl groups is 1. The maximum Gasteiger partial charge on any atom is 0.246 e. The molecule has 7 amide bonds. The lowest BCUT2D eigenvalue weighted by molar-refractivity contribution is -0.136. The summed E-state index contributed by atoms with van der Waals surface area (Å²) in [6.45, 7) is 2.99. The summed E-state index contributed by atoms with van der Waals surface area (Å²) in [7, 11) is 0. The molecule has 0 bridgehead atoms. The molecule has 0 saturated heterocycles. The largest absolute Gasteiger partial charge is 0.508 e. The zero-order valence-electron chi connectivity index (χ0n) is 38.8. The van der Waals surface area contributed by atoms with Crippen molar-refractivity contribution in [3.63, 3.8) is 0 Å². The van der Waals surface area contributed by atoms with Gasteiger partial charge < -0.3 is 63.9 Å². The number of carbonyl (C=O) groups excluding carboxylic acids is 7. The number of aromatic hydroxyl groups is 1. The lowest BCUT2D eigenvalue weighted by atomic mass is 10.0. The number of hydrogen-bond acceptors (Lipinski definition) is 13. The number of carbonyl (C=O) groups is 7. The van der Waals surface area contributed by atoms with Crippen LogP contribution in [0.3, 0.4) is 0 Å². The highest BCUT2D eigenvalue weighted by Crippen LogP contribution is 2.23. The third-order valence-corrected chi connectivity index (χ3v) is 12.3. The van der Waals surface area contributed by atoms with Crippen LogP contribution in [0.1, 0.15) is 44.2 Å². The first-order chi connectivity index (χ1) is 33.5. The third kappa shape index (κ3) is 15.2. The number of aromatic amines is 1. The van der Waals surface area contributed by atoms with Gasteiger partial charge in [0, 0.05) is 52.5 Å². The highest BCUT2D eigenvalue weighted by molar-refractivity contribution is 7.80. The summed E-state index contributed by atoms with van der Waals surface area (Å²) in [6, 6.07) is 17.2. The minimum absolute atomic E-state index is 0.0118. The fraction of sp³-hybridized carbons (Fsp3) is 0.367. The van der Waals surface area contributed by atoms with Gasteiger partial charge in [0.25, 0.3) is 0 Å². The van der Waals surface area contributed by atoms with Crippen LogP contribution in [0.2, 0.25) is 0 Å². The molecule has 1 aromatic heterocycles. The molecule has 0 radical (unpaired) electrons. The Labute approximate surface area is 416 Å². The molecule has 14 N–H and O–H groups in total. The van der Waals surface area contributed by atoms with Gasteiger partial charge >= 0.3 is 0 Å². The summed E-state index contributed by atoms with van der Waals surface area (Å²) in [6.07, 6.45) is 0.878. The van der Waals surface area contributed by atoms with E-state index >= 15 is 0 Å². The smallest absolute Gasteiger partial charge is 0.246 e. The maximum atomic E-state index is 14.5. The lowest BCUT2D eigenvalue weighted by Crippen LogP contribution is -2.62. The Bertz CT molecular complexity index is 2610. The van der Waals surface area contributed by atoms with E-state index in [1.807, 2.05) is 54.6 Å². The molecule has 21 heteroatoms. The molecule has 4 aromatic carbocycles. The van der Waals surface area contributed by atoms with Crippen molar-refractivity contribution in [3.05, 3.63) is 108 Å². The number of H-pyrrole nitrogens is 1. The summed E-state index contributed by atoms with van der Waals surface area (Å²) < 4.78 is 0. The van der Waals surface area contributed by atoms with E-state index < -0.39 is 89.7 Å². The Hall–Kier alpha value is -6.65. The summed E-state index contributed by atoms with van der Waals surface area (Å²) in [5.74, 6) is -5.59. The number of para-hydroxylation sites is 1. The number of thiol groups is 2. The van der Waals surface area contributed by atoms with Crippen LogP contribution >= 0.6 is 25.3 Å². The number of amides is 7. The second-order valence-corrected chi connectivity index (χ2v) is 17.6. The van der Waals surface area contributed by atoms with Gasteiger partial charge in [0.05, 0.1) is 12.1 Å². The van der Waals surface area contributed by atoms with Crippen molar-refractivity contribution in [2.45, 2.75) is 94.3 Å². The Morgan fingerprint density at radius 2 is 1.20 bits per heavy atom. The van der Waals surface area contributed by atoms with E-state index in [-0.39, 0.29) is 43.1 Å². The monoisotopic (exact) mass is 998 g/mol. The van der Waals surface area contributed by atoms with Crippen molar-refractivity contribution < 1.29 is 43.8 Å². The first kappa shape index (κ1) is 54.3. The Kier molecular flexibility index (Phi) is 20.4. The normalized spacial score (nSPS) is 14.7. The summed E-state index contributed by atoms with van der Waals surface area (Å²) >= 11 is 8.35. The number of fused-ring (bicyclic) bond motifs is 2. The van der Waals surface area contributed by atoms with Crippen molar-refractivity contribution in [1.29, 1.82) is 0 Å². The Balaban J connectivity index is 1.32. The molecule has 1 heterocycles. The van der Waals surface area contributed by atoms with Crippen LogP contribution in [-0.2, 0) is 46.4 Å². The zero-order valence-corrected chi connectivity index (χ0v) is 40.6. The van der Waals surface area contributed by atoms with Gasteiger partial charge in [-0.15, -0.1) is 0 Å². The molecule has 0 saturated carbocycles. The van der Waals surface area contributed by atoms with Gasteiger partial charge in [-0.05, 0) is 80.4 Å². The zero-order chi connectivity index (χ0) is 50.9. The minimum atomic E-state index is -1.64. The first-order valence-electron chi connectivity index (χ1n) is 22.8. The molecule has 374 valence electrons. The van der Waals surface area contributed by atoms with E-state index in [0.717, 1.165) is 21.7 Å². The highest BCUT2D eigenvalue weighted by atomic mass is 32.1. The molecule has 0 aliphatic heterocycles. The van der Waals surface area contributed by atoms with Crippen molar-refractivity contribution in [1.82, 2.24) is 36.9 Å². The molecular formula is C49H62N10O9S2. The van der Waals surface area contributed by atoms with Crippen LogP contribution in [0.25, 0.3) is 21.7 Å². The van der Waals surface area contributed by atoms with Crippen LogP contribution in [0, 0.1) is 0 Å². The second-order valence-electron chi connectivity index (χ2n) is 16.9. The van der Waals surface area contributed by atoms with Crippen molar-refractivity contribution in [2.75, 3.05) is 23.4 Å². The molecular weight excluding hydrogens is 937 g/mol. The predicted molar refractivity (Wildman–Crippen MR) is 274 cm³/mol. The average Bonchev–Trinajstić information content (AvgIpc) is 3.76. The average molecular weight is 999 g/mol. The van der Waals surface area contributed by atoms with Crippen LogP contribution in [-0.4, -0.2) is 123 Å². The molecule has 5 rings (SSSR count). The van der Waals surface area contributed by atoms with Crippen molar-refractivity contribution in [2.24, 2.45) is 11.5 Å². The van der Waals surface area contributed by atoms with Gasteiger partial charge in [-0.1, -0.05) is 66.7 Å². The summed E-state index contributed by atoms with van der Waals surface area (Å²) in [5.41, 5.74) is 14.2. The van der Waals surface area contributed by atoms with Gasteiger partial charge in [-0.3, -0.25) is 33.6 Å². The SMILES string of the molecule is C[C@H](NC(=O)[C@H](CS)NC(=O)[C@@H](NC(=O)[C@H](CCCCN)NC(=O)[C@H](Cc1c[nH]c2ccccc12)NC(=O)[C@H](Cc1ccc(O)cc1)NC(=O)[C@@H](N)CS)[C@@H](C)O)C(=O)Nc1cccc2ccccc12. The van der Waals surface area contributed by atoms with Crippen LogP contribution in [0.15, 0.2) is 97.2 Å². The van der Waals surface area contributed by atoms with E-state index in [2.05, 4.69) is 67.5 Å². The Morgan fingerprint density at radius 1 is 0.614 bits per heavy atom. The summed E-state index contributed by atoms with van der Waals surface area (Å²) in [4.78, 5) is 99.4. The van der Waals surface area contributed by atoms with Gasteiger partial charge in [-0.2, -0.15) is 25.3 Å². The number of aromatic nitrogens is 1. The molecule has 0 spiro atoms. The highest BCUT2D eigenvalue weighted by Gasteiger charge is 2.35. The second kappa shape index (κ2) is 26.4. The molecule has 0 fully saturated rings. The number of unbranched alkanes of at least 4 members (excludes halogenated alkanes) is 1. The van der Waals surface area contributed by atoms with Gasteiger partial charge in [0.2, 0.25) is 41.4 Å². The number of nitrogens with two attached hydrogens (primary N) is 2. The number of benzene rings is 4. The first-order valence-corrected chi connectivity index (χ1v) is 24.1. The number of aliphatic hydroxyl groups excluding tert-OH is 1. The van der Waals surface area contributed by atoms with E-state index in [0.29, 0.717) is 29.7 Å². The standard InChI is InChI=1S/C49H62N10O9S2/c1-27(43(62)54-37-16-9-11-30-10-3-4-12-33(30)37)53-48(67)41(26-70)58-49(68)42(28(2)60)59-45(64)38(15-7-8-21-50)55-47(66)40(23-31-24-52-36-14-6-5-13-34(31)36)57-46(65)39(56-44(63)35(51)25-69)22-29-17-19-32(61)20-18-29/h3-6,9-14,16-20,24,27-28,35,38-42,52,60-61,69-70H,7-8,15,21-23,25-26,50-51H2,1-2H3,(H,53,67)(H,54,62)(H,55,66)(H,56,63)(H,57,65)(H,58,68)(H,59,64)/t27-,28+,35-,38-,39-,40-,41-,42-/m0/s1. The van der Waals surface area contributed by atoms with Crippen LogP contribution in [0.4, 0.5) is 5.69 Å². The van der Waals surface area contributed by atoms with E-state index in [1.165, 1.54) is 26.0 Å². The number of phenols is 1. The fourth-order valence-electron chi connectivity index (χ4n) is 7.54. The lowest BCUT2D eigenvalue weighted by Gasteiger charge is -2.28. The van der Waals surface area contributed by atoms with E-state index in [1.54, 1.807) is 30.5 Å². The molecule has 0 unspecified atom stereocenters. The number of phenolic OH excluding ortho intramolecular Hbond substituents is 1. The van der Waals surface area contributed by atoms with Crippen LogP contribution in [0.5, 0.6) is 5.75 Å². The van der Waals surface area contributed by atoms with E-state index in [9.17, 15) is 43.8 Å². The van der Waals surface area contributed by atoms with Gasteiger partial charge in [-0.25, -0.2) is 0 Å². The number of anilines is 1. The molecule has 70 heavy (non-hydrogen) atoms. The molecule has 19 nitrogen and oxygen atoms in total. The number of hydrogen-bond donors (Lipinski definition) is 14.